The van der Waals surface area contributed by atoms with Crippen LogP contribution in [-0.2, 0) is 14.9 Å². The van der Waals surface area contributed by atoms with Crippen molar-refractivity contribution in [2.75, 3.05) is 46.2 Å². The van der Waals surface area contributed by atoms with Crippen LogP contribution in [-0.4, -0.2) is 86.0 Å². The van der Waals surface area contributed by atoms with E-state index in [1.165, 1.54) is 25.7 Å². The van der Waals surface area contributed by atoms with E-state index in [9.17, 15) is 18.6 Å². The lowest BCUT2D eigenvalue weighted by atomic mass is 10.1. The number of ether oxygens (including phenoxy) is 1. The smallest absolute Gasteiger partial charge is 0.267 e. The van der Waals surface area contributed by atoms with Crippen molar-refractivity contribution in [3.05, 3.63) is 0 Å². The fraction of sp³-hybridized carbons (Fsp3) is 1.00. The number of likely N-dealkylation sites (N-methyl/N-ethyl adjacent to an activating group) is 1. The first-order chi connectivity index (χ1) is 11.1. The minimum atomic E-state index is -4.20. The van der Waals surface area contributed by atoms with Crippen LogP contribution in [0.1, 0.15) is 45.4 Å². The maximum Gasteiger partial charge on any atom is 0.267 e. The molecule has 0 heterocycles. The Bertz CT molecular complexity index is 413. The molecular weight excluding hydrogens is 334 g/mol. The number of hydrogen-bond donors (Lipinski definition) is 3. The van der Waals surface area contributed by atoms with Crippen LogP contribution in [0.3, 0.4) is 0 Å². The topological polar surface area (TPSA) is 104 Å². The number of hydrogen-bond acceptors (Lipinski definition) is 5. The maximum absolute atomic E-state index is 10.8. The summed E-state index contributed by atoms with van der Waals surface area (Å²) in [6.07, 6.45) is 5.25. The van der Waals surface area contributed by atoms with Gasteiger partial charge in [0.25, 0.3) is 10.1 Å². The summed E-state index contributed by atoms with van der Waals surface area (Å²) in [5.74, 6) is -0.695. The predicted molar refractivity (Wildman–Crippen MR) is 94.5 cm³/mol. The number of rotatable bonds is 15. The summed E-state index contributed by atoms with van der Waals surface area (Å²) in [7, 11) is -0.637. The lowest BCUT2D eigenvalue weighted by Crippen LogP contribution is -2.51. The molecule has 3 N–H and O–H groups in total. The number of aliphatic hydroxyl groups is 2. The van der Waals surface area contributed by atoms with Gasteiger partial charge in [0.1, 0.15) is 31.1 Å². The Morgan fingerprint density at radius 3 is 2.08 bits per heavy atom. The van der Waals surface area contributed by atoms with Crippen LogP contribution in [0.5, 0.6) is 0 Å². The largest absolute Gasteiger partial charge is 0.386 e. The molecule has 0 rings (SSSR count). The Morgan fingerprint density at radius 2 is 1.50 bits per heavy atom. The fourth-order valence-electron chi connectivity index (χ4n) is 2.77. The minimum Gasteiger partial charge on any atom is -0.386 e. The molecule has 0 aliphatic rings. The van der Waals surface area contributed by atoms with Crippen molar-refractivity contribution in [1.29, 1.82) is 0 Å². The monoisotopic (exact) mass is 370 g/mol. The van der Waals surface area contributed by atoms with Gasteiger partial charge in [0, 0.05) is 6.61 Å². The van der Waals surface area contributed by atoms with Crippen LogP contribution in [0.4, 0.5) is 0 Å². The van der Waals surface area contributed by atoms with Gasteiger partial charge in [-0.15, -0.1) is 0 Å². The molecule has 0 radical (unpaired) electrons. The first-order valence-electron chi connectivity index (χ1n) is 8.77. The zero-order chi connectivity index (χ0) is 18.6. The molecule has 0 aromatic rings. The molecule has 0 aromatic heterocycles. The fourth-order valence-corrected chi connectivity index (χ4v) is 3.36. The number of unbranched alkanes of at least 4 members (excludes halogenated alkanes) is 5. The van der Waals surface area contributed by atoms with Crippen LogP contribution < -0.4 is 0 Å². The van der Waals surface area contributed by atoms with Crippen molar-refractivity contribution >= 4 is 10.1 Å². The Kier molecular flexibility index (Phi) is 12.0. The van der Waals surface area contributed by atoms with E-state index < -0.39 is 28.1 Å². The van der Waals surface area contributed by atoms with E-state index >= 15 is 0 Å². The molecule has 0 aromatic carbocycles. The quantitative estimate of drug-likeness (QED) is 0.226. The lowest BCUT2D eigenvalue weighted by Gasteiger charge is -2.33. The highest BCUT2D eigenvalue weighted by molar-refractivity contribution is 7.85. The number of aliphatic hydroxyl groups excluding tert-OH is 2. The molecule has 0 fully saturated rings. The van der Waals surface area contributed by atoms with Gasteiger partial charge < -0.3 is 19.4 Å². The van der Waals surface area contributed by atoms with Crippen LogP contribution in [0, 0.1) is 0 Å². The van der Waals surface area contributed by atoms with Crippen molar-refractivity contribution < 1.29 is 32.4 Å². The molecular formula is C16H36NO6S+. The first kappa shape index (κ1) is 23.8. The van der Waals surface area contributed by atoms with E-state index in [4.69, 9.17) is 9.29 Å². The number of quaternary nitrogens is 1. The molecule has 146 valence electrons. The Hall–Kier alpha value is -0.250. The maximum atomic E-state index is 10.8. The van der Waals surface area contributed by atoms with Crippen molar-refractivity contribution in [2.24, 2.45) is 0 Å². The van der Waals surface area contributed by atoms with Crippen molar-refractivity contribution in [2.45, 2.75) is 57.7 Å². The van der Waals surface area contributed by atoms with Crippen molar-refractivity contribution in [3.8, 4) is 0 Å². The summed E-state index contributed by atoms with van der Waals surface area (Å²) in [5, 5.41) is 19.7. The van der Waals surface area contributed by atoms with E-state index in [0.29, 0.717) is 13.2 Å². The van der Waals surface area contributed by atoms with E-state index in [1.807, 2.05) is 0 Å². The summed E-state index contributed by atoms with van der Waals surface area (Å²) in [6, 6.07) is 0. The highest BCUT2D eigenvalue weighted by Crippen LogP contribution is 2.07. The molecule has 0 aliphatic heterocycles. The third-order valence-corrected chi connectivity index (χ3v) is 4.57. The summed E-state index contributed by atoms with van der Waals surface area (Å²) in [6.45, 7) is 3.49. The normalized spacial score (nSPS) is 15.4. The van der Waals surface area contributed by atoms with Crippen molar-refractivity contribution in [1.82, 2.24) is 0 Å². The standard InChI is InChI=1S/C16H35NO6S/c1-4-5-6-7-8-9-10-23-13-15(18)11-17(2,3)12-16(19)14-24(20,21)22/h15-16,18-19H,4-14H2,1-3H3/p+1. The molecule has 0 spiro atoms. The highest BCUT2D eigenvalue weighted by Gasteiger charge is 2.26. The third kappa shape index (κ3) is 15.3. The van der Waals surface area contributed by atoms with Crippen LogP contribution in [0.25, 0.3) is 0 Å². The van der Waals surface area contributed by atoms with Gasteiger partial charge in [-0.3, -0.25) is 4.55 Å². The van der Waals surface area contributed by atoms with E-state index in [2.05, 4.69) is 6.92 Å². The van der Waals surface area contributed by atoms with Gasteiger partial charge in [-0.05, 0) is 6.42 Å². The molecule has 0 amide bonds. The summed E-state index contributed by atoms with van der Waals surface area (Å²) < 4.78 is 36.0. The second-order valence-electron chi connectivity index (χ2n) is 7.20. The zero-order valence-corrected chi connectivity index (χ0v) is 16.2. The molecule has 7 nitrogen and oxygen atoms in total. The molecule has 0 aliphatic carbocycles. The SMILES string of the molecule is CCCCCCCCOCC(O)C[N+](C)(C)CC(O)CS(=O)(=O)O. The first-order valence-corrected chi connectivity index (χ1v) is 10.4. The Morgan fingerprint density at radius 1 is 0.958 bits per heavy atom. The molecule has 0 saturated heterocycles. The van der Waals surface area contributed by atoms with Gasteiger partial charge >= 0.3 is 0 Å². The van der Waals surface area contributed by atoms with Crippen LogP contribution in [0.15, 0.2) is 0 Å². The lowest BCUT2D eigenvalue weighted by molar-refractivity contribution is -0.896. The predicted octanol–water partition coefficient (Wildman–Crippen LogP) is 1.05. The van der Waals surface area contributed by atoms with Gasteiger partial charge in [0.15, 0.2) is 0 Å². The van der Waals surface area contributed by atoms with Gasteiger partial charge in [0.05, 0.1) is 20.7 Å². The molecule has 0 saturated carbocycles. The van der Waals surface area contributed by atoms with Gasteiger partial charge in [-0.2, -0.15) is 8.42 Å². The molecule has 2 atom stereocenters. The minimum absolute atomic E-state index is 0.119. The zero-order valence-electron chi connectivity index (χ0n) is 15.4. The molecule has 24 heavy (non-hydrogen) atoms. The summed E-state index contributed by atoms with van der Waals surface area (Å²) in [4.78, 5) is 0. The van der Waals surface area contributed by atoms with Crippen LogP contribution in [0.2, 0.25) is 0 Å². The second-order valence-corrected chi connectivity index (χ2v) is 8.70. The molecule has 2 unspecified atom stereocenters. The molecule has 0 bridgehead atoms. The second kappa shape index (κ2) is 12.2. The third-order valence-electron chi connectivity index (χ3n) is 3.77. The van der Waals surface area contributed by atoms with Crippen molar-refractivity contribution in [3.63, 3.8) is 0 Å². The average Bonchev–Trinajstić information content (AvgIpc) is 2.38. The van der Waals surface area contributed by atoms with Gasteiger partial charge in [-0.25, -0.2) is 0 Å². The van der Waals surface area contributed by atoms with E-state index in [1.54, 1.807) is 14.1 Å². The van der Waals surface area contributed by atoms with Gasteiger partial charge in [0.2, 0.25) is 0 Å². The summed E-state index contributed by atoms with van der Waals surface area (Å²) >= 11 is 0. The molecule has 8 heteroatoms. The van der Waals surface area contributed by atoms with Gasteiger partial charge in [-0.1, -0.05) is 39.0 Å². The van der Waals surface area contributed by atoms with E-state index in [-0.39, 0.29) is 17.6 Å². The Balaban J connectivity index is 3.85. The Labute approximate surface area is 147 Å². The average molecular weight is 371 g/mol. The summed E-state index contributed by atoms with van der Waals surface area (Å²) in [5.41, 5.74) is 0. The number of nitrogens with zero attached hydrogens (tertiary/aromatic N) is 1. The highest BCUT2D eigenvalue weighted by atomic mass is 32.2. The van der Waals surface area contributed by atoms with Crippen LogP contribution >= 0.6 is 0 Å². The van der Waals surface area contributed by atoms with E-state index in [0.717, 1.165) is 12.8 Å².